The summed E-state index contributed by atoms with van der Waals surface area (Å²) in [5, 5.41) is 53.9. The van der Waals surface area contributed by atoms with Crippen LogP contribution in [0.1, 0.15) is 143 Å². The molecule has 14 aromatic rings. The number of H-pyrrole nitrogens is 2. The van der Waals surface area contributed by atoms with Gasteiger partial charge in [0.25, 0.3) is 16.9 Å². The van der Waals surface area contributed by atoms with E-state index in [1.165, 1.54) is 34.6 Å². The van der Waals surface area contributed by atoms with E-state index < -0.39 is 57.5 Å². The Bertz CT molecular complexity index is 6990. The van der Waals surface area contributed by atoms with E-state index >= 15 is 0 Å². The van der Waals surface area contributed by atoms with Crippen LogP contribution in [0.3, 0.4) is 0 Å². The van der Waals surface area contributed by atoms with Gasteiger partial charge < -0.3 is 63.1 Å². The van der Waals surface area contributed by atoms with Gasteiger partial charge in [-0.1, -0.05) is 163 Å². The molecule has 0 spiro atoms. The van der Waals surface area contributed by atoms with E-state index in [9.17, 15) is 57.1 Å². The standard InChI is InChI=1S/C22H21N7.C13H11ClN4.C13H14N4O2.C13H12N4O.C9H11N3.C8H13NO4.C7H9N3.C5H9NO3.C4H5ClO3.2Cl3OP/c1-15-20-22(24-12-6-9-19-11-10-17(13-23)14-25-19)27-21(18-7-4-3-5-8-18)28-29(20)16(2)26-15;1-8-11-12(14)16-13(10-6-4-3-5-7-10)17-18(11)9(2)15-8;1-8(14-9(2)18)11-13(19)15-12(17-16-11)10-6-4-3-5-7-10;1-8-11-13(18)15-12(10-6-4-3-5-7-10)16-17(11)9(2)14-8;10-5-1-2-9-4-3-8(6-11)7-12-9;1-4-13-8(12)7(11)5(2)9-6(3)10;8-7(10-9)6-4-2-1-3-5-6;1-3(5(8)9)6-4(2)7;1-2-8-4(7)3(5)6;2*1-5(2,3)4/h3-5,7-8,10-11,14H,6,9,12H2,1-2H3,(H,24,27,28);3-7H,1-2H3;3-8H,1-2H3,(H,14,18)(H,15,17,19);3-7H,1-2H3,(H,15,16,18);3-4,7H,1-2,5,10H2;5H,4H2,1-3H3,(H,9,10);1-5H,9H2,(H2,8,10);3H,1-2H3,(H,6,7)(H,8,9);2H2,1H3;;. The molecule has 52 heteroatoms. The first-order chi connectivity index (χ1) is 69.0. The van der Waals surface area contributed by atoms with Gasteiger partial charge in [0.1, 0.15) is 52.5 Å². The average Bonchev–Trinajstić information content (AvgIpc) is 1.61. The van der Waals surface area contributed by atoms with E-state index in [0.29, 0.717) is 69.0 Å². The number of carboxylic acids is 1. The number of benzene rings is 5. The van der Waals surface area contributed by atoms with E-state index in [1.807, 2.05) is 209 Å². The molecule has 0 aliphatic rings. The minimum Gasteiger partial charge on any atom is -0.480 e. The van der Waals surface area contributed by atoms with Crippen LogP contribution in [0.4, 0.5) is 5.82 Å². The first-order valence-electron chi connectivity index (χ1n) is 43.5. The zero-order valence-corrected chi connectivity index (χ0v) is 89.0. The summed E-state index contributed by atoms with van der Waals surface area (Å²) < 4.78 is 32.9. The number of imidazole rings is 3. The largest absolute Gasteiger partial charge is 0.480 e. The molecule has 13 N–H and O–H groups in total. The number of carboxylic acid groups (broad SMARTS) is 1. The number of esters is 2. The molecule has 772 valence electrons. The molecule has 0 fully saturated rings. The quantitative estimate of drug-likeness (QED) is 0.00327. The predicted molar refractivity (Wildman–Crippen MR) is 562 cm³/mol. The molecule has 0 radical (unpaired) electrons. The van der Waals surface area contributed by atoms with Crippen LogP contribution >= 0.6 is 101 Å². The number of nitrogens with two attached hydrogens (primary N) is 3. The van der Waals surface area contributed by atoms with Crippen LogP contribution < -0.4 is 49.7 Å². The van der Waals surface area contributed by atoms with E-state index in [4.69, 9.17) is 61.1 Å². The Morgan fingerprint density at radius 3 is 1.29 bits per heavy atom. The topological polar surface area (TPSA) is 629 Å². The number of ether oxygens (including phenoxy) is 2. The zero-order valence-electron chi connectivity index (χ0n) is 81.1. The average molecular weight is 2200 g/mol. The predicted octanol–water partition coefficient (Wildman–Crippen LogP) is 15.8. The number of aliphatic carboxylic acids is 1. The van der Waals surface area contributed by atoms with Crippen molar-refractivity contribution in [2.24, 2.45) is 22.4 Å². The Morgan fingerprint density at radius 1 is 0.514 bits per heavy atom. The molecule has 9 aromatic heterocycles. The van der Waals surface area contributed by atoms with E-state index in [-0.39, 0.29) is 47.7 Å². The highest BCUT2D eigenvalue weighted by atomic mass is 36.1. The lowest BCUT2D eigenvalue weighted by Crippen LogP contribution is -2.41. The molecule has 0 aliphatic heterocycles. The Balaban J connectivity index is 0.000000346. The van der Waals surface area contributed by atoms with E-state index in [1.54, 1.807) is 61.3 Å². The van der Waals surface area contributed by atoms with E-state index in [0.717, 1.165) is 111 Å². The number of hydrazone groups is 1. The lowest BCUT2D eigenvalue weighted by molar-refractivity contribution is -0.154. The van der Waals surface area contributed by atoms with Crippen molar-refractivity contribution in [3.05, 3.63) is 283 Å². The number of nitrogens with zero attached hydrogens (tertiary/aromatic N) is 18. The molecule has 0 bridgehead atoms. The second-order valence-corrected chi connectivity index (χ2v) is 43.7. The molecule has 5 aromatic carbocycles. The smallest absolute Gasteiger partial charge is 0.391 e. The number of carbonyl (C=O) groups excluding carboxylic acids is 7. The number of amides is 3. The van der Waals surface area contributed by atoms with Gasteiger partial charge in [-0.3, -0.25) is 57.5 Å². The number of nitrogens with one attached hydrogen (secondary N) is 6. The van der Waals surface area contributed by atoms with Crippen molar-refractivity contribution in [2.75, 3.05) is 31.6 Å². The third kappa shape index (κ3) is 45.3. The van der Waals surface area contributed by atoms with Crippen molar-refractivity contribution in [1.82, 2.24) is 99.8 Å². The highest BCUT2D eigenvalue weighted by Crippen LogP contribution is 2.62. The number of halogens is 8. The molecule has 3 amide bonds. The Morgan fingerprint density at radius 2 is 0.904 bits per heavy atom. The fourth-order valence-corrected chi connectivity index (χ4v) is 12.3. The summed E-state index contributed by atoms with van der Waals surface area (Å²) in [6.45, 7) is 24.8. The van der Waals surface area contributed by atoms with Crippen LogP contribution in [0.2, 0.25) is 5.15 Å². The lowest BCUT2D eigenvalue weighted by Gasteiger charge is -2.10. The number of Topliss-reactive ketones (excluding diaryl/α,β-unsaturated/α-hetero) is 1. The van der Waals surface area contributed by atoms with Gasteiger partial charge in [-0.15, -0.1) is 25.5 Å². The number of ketones is 1. The number of hydrogen-bond acceptors (Lipinski definition) is 32. The number of rotatable bonds is 23. The minimum atomic E-state index is -3.22. The van der Waals surface area contributed by atoms with Gasteiger partial charge in [0, 0.05) is 78.9 Å². The van der Waals surface area contributed by atoms with E-state index in [2.05, 4.69) is 175 Å². The molecule has 0 aliphatic carbocycles. The molecule has 14 rings (SSSR count). The van der Waals surface area contributed by atoms with Crippen molar-refractivity contribution in [2.45, 2.75) is 141 Å². The minimum absolute atomic E-state index is 0.150. The molecule has 3 unspecified atom stereocenters. The highest BCUT2D eigenvalue weighted by molar-refractivity contribution is 8.25. The summed E-state index contributed by atoms with van der Waals surface area (Å²) in [7, 11) is 0. The summed E-state index contributed by atoms with van der Waals surface area (Å²) in [4.78, 5) is 144. The molecule has 0 saturated carbocycles. The Hall–Kier alpha value is -14.4. The maximum atomic E-state index is 12.1. The fourth-order valence-electron chi connectivity index (χ4n) is 12.0. The lowest BCUT2D eigenvalue weighted by atomic mass is 10.2. The maximum absolute atomic E-state index is 12.1. The molecule has 146 heavy (non-hydrogen) atoms. The first kappa shape index (κ1) is 124. The normalized spacial score (nSPS) is 11.0. The van der Waals surface area contributed by atoms with Gasteiger partial charge in [-0.25, -0.2) is 48.1 Å². The van der Waals surface area contributed by atoms with Gasteiger partial charge in [0.05, 0.1) is 53.5 Å². The molecule has 42 nitrogen and oxygen atoms in total. The summed E-state index contributed by atoms with van der Waals surface area (Å²) in [5.74, 6) is 6.12. The monoisotopic (exact) mass is 2190 g/mol. The van der Waals surface area contributed by atoms with Crippen LogP contribution in [-0.2, 0) is 69.8 Å². The summed E-state index contributed by atoms with van der Waals surface area (Å²) in [5.41, 5.74) is 22.6. The summed E-state index contributed by atoms with van der Waals surface area (Å²) in [6, 6.07) is 57.2. The number of aromatic nitrogens is 17. The maximum Gasteiger partial charge on any atom is 0.391 e. The van der Waals surface area contributed by atoms with Crippen LogP contribution in [0, 0.1) is 64.2 Å². The van der Waals surface area contributed by atoms with Crippen LogP contribution in [0.25, 0.3) is 62.1 Å². The Labute approximate surface area is 877 Å². The third-order valence-corrected chi connectivity index (χ3v) is 18.7. The van der Waals surface area contributed by atoms with Crippen molar-refractivity contribution >= 4 is 176 Å². The van der Waals surface area contributed by atoms with Gasteiger partial charge >= 0.3 is 33.6 Å². The van der Waals surface area contributed by atoms with Gasteiger partial charge in [-0.05, 0) is 212 Å². The van der Waals surface area contributed by atoms with Gasteiger partial charge in [-0.2, -0.15) is 15.6 Å². The number of nitriles is 2. The van der Waals surface area contributed by atoms with Crippen molar-refractivity contribution in [3.8, 4) is 57.7 Å². The van der Waals surface area contributed by atoms with Crippen LogP contribution in [0.5, 0.6) is 0 Å². The molecule has 0 saturated heterocycles. The molecular formula is C94H105Cl8N27O15P2. The SMILES string of the molecule is CC(=O)NC(C)C(=O)O.CC(=O)NC(C)c1nnc(-c2ccccc2)[nH]c1=O.CCOC(=O)C(=O)C(C)NC(C)=O.CCOC(=O)C(=O)Cl.Cc1nc(C)n2nc(-c3ccccc3)[nH]c(=O)c12.Cc1nc(C)n2nc(-c3ccccc3)nc(Cl)c12.Cc1nc(C)n2nc(-c3ccccc3)nc(NCCCc3ccc(C#N)cn3)c12.N#Cc1ccc(CCCN)nc1.NN=C(N)c1ccccc1.O=P(Cl)(Cl)Cl.O=P(Cl)(Cl)Cl. The number of aromatic amines is 2. The number of amidine groups is 1. The molecule has 9 heterocycles. The fraction of sp³-hybridized carbons (Fsp3) is 0.266. The van der Waals surface area contributed by atoms with Crippen molar-refractivity contribution in [1.29, 1.82) is 10.5 Å². The van der Waals surface area contributed by atoms with Crippen molar-refractivity contribution < 1.29 is 62.1 Å². The number of aryl methyl sites for hydroxylation is 8. The Kier molecular flexibility index (Phi) is 54.0. The number of fused-ring (bicyclic) bond motifs is 3. The third-order valence-electron chi connectivity index (χ3n) is 18.3. The summed E-state index contributed by atoms with van der Waals surface area (Å²) >= 11 is 38.6. The van der Waals surface area contributed by atoms with Gasteiger partial charge in [0.2, 0.25) is 17.7 Å². The second kappa shape index (κ2) is 63.7. The highest BCUT2D eigenvalue weighted by Gasteiger charge is 2.24. The number of pyridine rings is 2. The second-order valence-electron chi connectivity index (χ2n) is 29.8. The zero-order chi connectivity index (χ0) is 109. The summed E-state index contributed by atoms with van der Waals surface area (Å²) in [6.07, 6.45) is 6.75. The number of anilines is 1. The van der Waals surface area contributed by atoms with Gasteiger partial charge in [0.15, 0.2) is 45.5 Å². The van der Waals surface area contributed by atoms with Crippen molar-refractivity contribution in [3.63, 3.8) is 0 Å². The number of carbonyl (C=O) groups is 8. The molecular weight excluding hydrogens is 2090 g/mol. The number of hydrogen-bond donors (Lipinski definition) is 10. The molecule has 3 atom stereocenters. The van der Waals surface area contributed by atoms with Crippen LogP contribution in [0.15, 0.2) is 203 Å². The van der Waals surface area contributed by atoms with Crippen LogP contribution in [-0.4, -0.2) is 180 Å². The first-order valence-corrected chi connectivity index (χ1v) is 53.1.